The smallest absolute Gasteiger partial charge is 0.416 e. The van der Waals surface area contributed by atoms with E-state index in [9.17, 15) is 19.5 Å². The molecule has 156 valence electrons. The van der Waals surface area contributed by atoms with E-state index in [1.807, 2.05) is 0 Å². The molecule has 0 aliphatic heterocycles. The first-order chi connectivity index (χ1) is 14.2. The Morgan fingerprint density at radius 3 is 2.63 bits per heavy atom. The van der Waals surface area contributed by atoms with Gasteiger partial charge < -0.3 is 9.84 Å². The van der Waals surface area contributed by atoms with Crippen LogP contribution in [-0.2, 0) is 4.74 Å². The predicted molar refractivity (Wildman–Crippen MR) is 110 cm³/mol. The molecule has 0 unspecified atom stereocenters. The van der Waals surface area contributed by atoms with Gasteiger partial charge in [-0.3, -0.25) is 9.69 Å². The first-order valence-electron chi connectivity index (χ1n) is 9.37. The lowest BCUT2D eigenvalue weighted by Gasteiger charge is -2.27. The van der Waals surface area contributed by atoms with E-state index in [0.29, 0.717) is 22.7 Å². The van der Waals surface area contributed by atoms with Crippen LogP contribution in [0.2, 0.25) is 0 Å². The van der Waals surface area contributed by atoms with Crippen molar-refractivity contribution in [2.75, 3.05) is 4.90 Å². The highest BCUT2D eigenvalue weighted by Crippen LogP contribution is 2.36. The molecular weight excluding hydrogens is 408 g/mol. The molecular formula is C20H20N4O5S. The molecule has 3 aromatic rings. The minimum absolute atomic E-state index is 0.0416. The molecule has 1 aliphatic carbocycles. The lowest BCUT2D eigenvalue weighted by molar-refractivity contribution is 0.0575. The molecule has 1 N–H and O–H groups in total. The molecule has 0 aromatic carbocycles. The highest BCUT2D eigenvalue weighted by Gasteiger charge is 2.38. The third-order valence-corrected chi connectivity index (χ3v) is 5.52. The molecule has 0 saturated heterocycles. The van der Waals surface area contributed by atoms with Crippen LogP contribution in [0.3, 0.4) is 0 Å². The average molecular weight is 428 g/mol. The van der Waals surface area contributed by atoms with Gasteiger partial charge in [0.25, 0.3) is 0 Å². The summed E-state index contributed by atoms with van der Waals surface area (Å²) in [4.78, 5) is 42.6. The molecule has 1 aliphatic rings. The summed E-state index contributed by atoms with van der Waals surface area (Å²) in [6.07, 6.45) is 3.17. The SMILES string of the molecule is CC(C)(C)OC(=O)N(c1cc(-c2ccc(C(=O)O)s2)nc2c(C=O)cnn12)C1CC1. The Balaban J connectivity index is 1.88. The normalized spacial score (nSPS) is 14.0. The highest BCUT2D eigenvalue weighted by molar-refractivity contribution is 7.17. The van der Waals surface area contributed by atoms with Gasteiger partial charge in [-0.25, -0.2) is 14.6 Å². The van der Waals surface area contributed by atoms with Crippen molar-refractivity contribution < 1.29 is 24.2 Å². The molecule has 3 aromatic heterocycles. The van der Waals surface area contributed by atoms with Crippen molar-refractivity contribution in [3.05, 3.63) is 34.8 Å². The van der Waals surface area contributed by atoms with Crippen LogP contribution >= 0.6 is 11.3 Å². The summed E-state index contributed by atoms with van der Waals surface area (Å²) in [5, 5.41) is 13.5. The second kappa shape index (κ2) is 7.21. The summed E-state index contributed by atoms with van der Waals surface area (Å²) in [6.45, 7) is 5.38. The van der Waals surface area contributed by atoms with Gasteiger partial charge in [-0.05, 0) is 45.7 Å². The summed E-state index contributed by atoms with van der Waals surface area (Å²) in [5.74, 6) is -0.607. The van der Waals surface area contributed by atoms with Gasteiger partial charge in [0.1, 0.15) is 16.3 Å². The molecule has 4 rings (SSSR count). The van der Waals surface area contributed by atoms with Crippen LogP contribution in [0.1, 0.15) is 53.6 Å². The molecule has 30 heavy (non-hydrogen) atoms. The summed E-state index contributed by atoms with van der Waals surface area (Å²) >= 11 is 1.07. The molecule has 0 bridgehead atoms. The van der Waals surface area contributed by atoms with Crippen LogP contribution in [0.25, 0.3) is 16.2 Å². The maximum absolute atomic E-state index is 13.0. The van der Waals surface area contributed by atoms with E-state index < -0.39 is 17.7 Å². The first kappa shape index (κ1) is 20.0. The van der Waals surface area contributed by atoms with Gasteiger partial charge in [0.05, 0.1) is 22.3 Å². The minimum atomic E-state index is -1.03. The lowest BCUT2D eigenvalue weighted by Crippen LogP contribution is -2.39. The largest absolute Gasteiger partial charge is 0.477 e. The standard InChI is InChI=1S/C20H20N4O5S/c1-20(2,3)29-19(28)23(12-4-5-12)16-8-13(14-6-7-15(30-14)18(26)27)22-17-11(10-25)9-21-24(16)17/h6-10,12H,4-5H2,1-3H3,(H,26,27). The van der Waals surface area contributed by atoms with Gasteiger partial charge in [0, 0.05) is 12.1 Å². The van der Waals surface area contributed by atoms with Crippen LogP contribution in [0.4, 0.5) is 10.6 Å². The van der Waals surface area contributed by atoms with Gasteiger partial charge in [0.2, 0.25) is 0 Å². The number of aldehydes is 1. The van der Waals surface area contributed by atoms with Gasteiger partial charge in [-0.2, -0.15) is 9.61 Å². The lowest BCUT2D eigenvalue weighted by atomic mass is 10.2. The molecule has 1 fully saturated rings. The number of thiophene rings is 1. The Bertz CT molecular complexity index is 1160. The summed E-state index contributed by atoms with van der Waals surface area (Å²) < 4.78 is 7.05. The number of fused-ring (bicyclic) bond motifs is 1. The fourth-order valence-electron chi connectivity index (χ4n) is 3.01. The van der Waals surface area contributed by atoms with Crippen LogP contribution in [0.15, 0.2) is 24.4 Å². The number of hydrogen-bond acceptors (Lipinski definition) is 7. The number of rotatable bonds is 5. The van der Waals surface area contributed by atoms with E-state index >= 15 is 0 Å². The summed E-state index contributed by atoms with van der Waals surface area (Å²) in [5.41, 5.74) is 0.333. The zero-order valence-corrected chi connectivity index (χ0v) is 17.5. The van der Waals surface area contributed by atoms with Crippen LogP contribution in [-0.4, -0.2) is 49.7 Å². The zero-order valence-electron chi connectivity index (χ0n) is 16.7. The Hall–Kier alpha value is -3.27. The monoisotopic (exact) mass is 428 g/mol. The Morgan fingerprint density at radius 1 is 1.33 bits per heavy atom. The van der Waals surface area contributed by atoms with Crippen LogP contribution in [0.5, 0.6) is 0 Å². The molecule has 10 heteroatoms. The van der Waals surface area contributed by atoms with E-state index in [1.54, 1.807) is 32.9 Å². The number of carboxylic acids is 1. The topological polar surface area (TPSA) is 114 Å². The molecule has 9 nitrogen and oxygen atoms in total. The van der Waals surface area contributed by atoms with E-state index in [1.165, 1.54) is 21.7 Å². The third kappa shape index (κ3) is 3.78. The molecule has 0 radical (unpaired) electrons. The molecule has 3 heterocycles. The number of carbonyl (C=O) groups excluding carboxylic acids is 2. The van der Waals surface area contributed by atoms with E-state index in [2.05, 4.69) is 10.1 Å². The quantitative estimate of drug-likeness (QED) is 0.614. The Morgan fingerprint density at radius 2 is 2.07 bits per heavy atom. The van der Waals surface area contributed by atoms with Gasteiger partial charge in [0.15, 0.2) is 11.9 Å². The second-order valence-corrected chi connectivity index (χ2v) is 9.09. The van der Waals surface area contributed by atoms with Crippen molar-refractivity contribution >= 4 is 41.2 Å². The second-order valence-electron chi connectivity index (χ2n) is 8.00. The number of aromatic carboxylic acids is 1. The number of nitrogens with zero attached hydrogens (tertiary/aromatic N) is 4. The zero-order chi connectivity index (χ0) is 21.6. The van der Waals surface area contributed by atoms with Crippen molar-refractivity contribution in [1.82, 2.24) is 14.6 Å². The fraction of sp³-hybridized carbons (Fsp3) is 0.350. The van der Waals surface area contributed by atoms with E-state index in [4.69, 9.17) is 4.74 Å². The number of carbonyl (C=O) groups is 3. The fourth-order valence-corrected chi connectivity index (χ4v) is 3.81. The van der Waals surface area contributed by atoms with Crippen molar-refractivity contribution in [3.63, 3.8) is 0 Å². The first-order valence-corrected chi connectivity index (χ1v) is 10.2. The number of carboxylic acid groups (broad SMARTS) is 1. The average Bonchev–Trinajstić information content (AvgIpc) is 3.20. The van der Waals surface area contributed by atoms with Gasteiger partial charge in [-0.15, -0.1) is 11.3 Å². The van der Waals surface area contributed by atoms with Crippen molar-refractivity contribution in [3.8, 4) is 10.6 Å². The molecule has 0 atom stereocenters. The maximum Gasteiger partial charge on any atom is 0.416 e. The van der Waals surface area contributed by atoms with Crippen LogP contribution in [0, 0.1) is 0 Å². The summed E-state index contributed by atoms with van der Waals surface area (Å²) in [7, 11) is 0. The number of hydrogen-bond donors (Lipinski definition) is 1. The van der Waals surface area contributed by atoms with Crippen molar-refractivity contribution in [2.24, 2.45) is 0 Å². The maximum atomic E-state index is 13.0. The number of aromatic nitrogens is 3. The van der Waals surface area contributed by atoms with E-state index in [-0.39, 0.29) is 22.1 Å². The van der Waals surface area contributed by atoms with Crippen molar-refractivity contribution in [2.45, 2.75) is 45.3 Å². The molecule has 0 spiro atoms. The molecule has 1 saturated carbocycles. The Labute approximate surface area is 175 Å². The number of amides is 1. The molecule has 1 amide bonds. The number of anilines is 1. The van der Waals surface area contributed by atoms with Gasteiger partial charge >= 0.3 is 12.1 Å². The highest BCUT2D eigenvalue weighted by atomic mass is 32.1. The number of ether oxygens (including phenoxy) is 1. The van der Waals surface area contributed by atoms with Crippen molar-refractivity contribution in [1.29, 1.82) is 0 Å². The third-order valence-electron chi connectivity index (χ3n) is 4.43. The van der Waals surface area contributed by atoms with Crippen LogP contribution < -0.4 is 4.90 Å². The van der Waals surface area contributed by atoms with E-state index in [0.717, 1.165) is 24.2 Å². The predicted octanol–water partition coefficient (Wildman–Crippen LogP) is 3.87. The Kier molecular flexibility index (Phi) is 4.81. The van der Waals surface area contributed by atoms with Gasteiger partial charge in [-0.1, -0.05) is 0 Å². The minimum Gasteiger partial charge on any atom is -0.477 e. The summed E-state index contributed by atoms with van der Waals surface area (Å²) in [6, 6.07) is 4.79.